The average Bonchev–Trinajstić information content (AvgIpc) is 2.88. The van der Waals surface area contributed by atoms with Gasteiger partial charge in [0.05, 0.1) is 10.2 Å². The summed E-state index contributed by atoms with van der Waals surface area (Å²) in [4.78, 5) is 23.4. The molecule has 1 aliphatic heterocycles. The number of piperidine rings is 1. The smallest absolute Gasteiger partial charge is 0.225 e. The molecular formula is C17H24N4OS. The van der Waals surface area contributed by atoms with Crippen LogP contribution in [-0.4, -0.2) is 35.0 Å². The molecule has 0 bridgehead atoms. The Morgan fingerprint density at radius 2 is 2.17 bits per heavy atom. The van der Waals surface area contributed by atoms with E-state index in [1.165, 1.54) is 5.56 Å². The summed E-state index contributed by atoms with van der Waals surface area (Å²) in [6.07, 6.45) is 3.73. The van der Waals surface area contributed by atoms with E-state index in [2.05, 4.69) is 32.5 Å². The first-order valence-electron chi connectivity index (χ1n) is 8.11. The third-order valence-electron chi connectivity index (χ3n) is 4.25. The second kappa shape index (κ2) is 6.07. The predicted molar refractivity (Wildman–Crippen MR) is 95.0 cm³/mol. The van der Waals surface area contributed by atoms with E-state index in [1.54, 1.807) is 17.7 Å². The minimum Gasteiger partial charge on any atom is -0.353 e. The van der Waals surface area contributed by atoms with E-state index in [9.17, 15) is 4.79 Å². The number of rotatable bonds is 2. The predicted octanol–water partition coefficient (Wildman–Crippen LogP) is 3.13. The number of anilines is 1. The molecule has 6 heteroatoms. The summed E-state index contributed by atoms with van der Waals surface area (Å²) in [5.74, 6) is 1.12. The highest BCUT2D eigenvalue weighted by atomic mass is 32.1. The van der Waals surface area contributed by atoms with Crippen molar-refractivity contribution >= 4 is 33.3 Å². The highest BCUT2D eigenvalue weighted by Gasteiger charge is 2.28. The van der Waals surface area contributed by atoms with Crippen molar-refractivity contribution in [1.82, 2.24) is 15.3 Å². The second-order valence-corrected chi connectivity index (χ2v) is 8.18. The zero-order valence-corrected chi connectivity index (χ0v) is 15.0. The quantitative estimate of drug-likeness (QED) is 0.918. The summed E-state index contributed by atoms with van der Waals surface area (Å²) in [5, 5.41) is 5.32. The number of amides is 1. The molecular weight excluding hydrogens is 308 g/mol. The van der Waals surface area contributed by atoms with Crippen molar-refractivity contribution in [2.75, 3.05) is 18.0 Å². The number of nitrogens with one attached hydrogen (secondary N) is 1. The van der Waals surface area contributed by atoms with Crippen molar-refractivity contribution in [3.05, 3.63) is 17.3 Å². The van der Waals surface area contributed by atoms with Gasteiger partial charge in [-0.2, -0.15) is 0 Å². The normalized spacial score (nSPS) is 19.1. The number of carbonyl (C=O) groups is 1. The van der Waals surface area contributed by atoms with Crippen molar-refractivity contribution in [3.8, 4) is 0 Å². The van der Waals surface area contributed by atoms with E-state index >= 15 is 0 Å². The van der Waals surface area contributed by atoms with Gasteiger partial charge in [0, 0.05) is 24.5 Å². The van der Waals surface area contributed by atoms with Crippen LogP contribution in [0.2, 0.25) is 0 Å². The zero-order valence-electron chi connectivity index (χ0n) is 14.2. The molecule has 1 amide bonds. The monoisotopic (exact) mass is 332 g/mol. The fourth-order valence-electron chi connectivity index (χ4n) is 2.87. The van der Waals surface area contributed by atoms with Gasteiger partial charge in [0.2, 0.25) is 5.91 Å². The Balaban J connectivity index is 1.79. The van der Waals surface area contributed by atoms with Gasteiger partial charge in [0.1, 0.15) is 12.1 Å². The number of hydrogen-bond acceptors (Lipinski definition) is 5. The summed E-state index contributed by atoms with van der Waals surface area (Å²) in [5.41, 5.74) is 1.89. The molecule has 1 N–H and O–H groups in total. The highest BCUT2D eigenvalue weighted by molar-refractivity contribution is 7.18. The molecule has 124 valence electrons. The molecule has 1 unspecified atom stereocenters. The third kappa shape index (κ3) is 3.32. The maximum Gasteiger partial charge on any atom is 0.225 e. The van der Waals surface area contributed by atoms with E-state index in [1.807, 2.05) is 20.8 Å². The molecule has 1 atom stereocenters. The fourth-order valence-corrected chi connectivity index (χ4v) is 3.89. The summed E-state index contributed by atoms with van der Waals surface area (Å²) >= 11 is 1.70. The summed E-state index contributed by atoms with van der Waals surface area (Å²) < 4.78 is 1.15. The number of thiophene rings is 1. The number of nitrogens with zero attached hydrogens (tertiary/aromatic N) is 3. The van der Waals surface area contributed by atoms with Crippen LogP contribution in [0.4, 0.5) is 5.82 Å². The Labute approximate surface area is 141 Å². The molecule has 0 aromatic carbocycles. The lowest BCUT2D eigenvalue weighted by atomic mass is 9.94. The number of fused-ring (bicyclic) bond motifs is 1. The molecule has 3 rings (SSSR count). The van der Waals surface area contributed by atoms with E-state index in [0.717, 1.165) is 42.0 Å². The van der Waals surface area contributed by atoms with Crippen molar-refractivity contribution < 1.29 is 4.79 Å². The largest absolute Gasteiger partial charge is 0.353 e. The van der Waals surface area contributed by atoms with Gasteiger partial charge >= 0.3 is 0 Å². The summed E-state index contributed by atoms with van der Waals surface area (Å²) in [7, 11) is 0. The Morgan fingerprint density at radius 1 is 1.39 bits per heavy atom. The molecule has 0 saturated carbocycles. The molecule has 3 heterocycles. The number of aromatic nitrogens is 2. The van der Waals surface area contributed by atoms with E-state index in [0.29, 0.717) is 0 Å². The van der Waals surface area contributed by atoms with Crippen LogP contribution in [0.25, 0.3) is 10.2 Å². The van der Waals surface area contributed by atoms with Gasteiger partial charge in [-0.25, -0.2) is 9.97 Å². The van der Waals surface area contributed by atoms with E-state index < -0.39 is 0 Å². The lowest BCUT2D eigenvalue weighted by Crippen LogP contribution is -2.50. The summed E-state index contributed by atoms with van der Waals surface area (Å²) in [6.45, 7) is 9.72. The minimum atomic E-state index is -0.352. The van der Waals surface area contributed by atoms with E-state index in [-0.39, 0.29) is 17.4 Å². The number of aryl methyl sites for hydroxylation is 1. The van der Waals surface area contributed by atoms with Crippen molar-refractivity contribution in [3.63, 3.8) is 0 Å². The SMILES string of the molecule is Cc1csc2c(N3CCCC(NC(=O)C(C)(C)C)C3)ncnc12. The molecule has 1 fully saturated rings. The van der Waals surface area contributed by atoms with E-state index in [4.69, 9.17) is 0 Å². The van der Waals surface area contributed by atoms with Crippen LogP contribution < -0.4 is 10.2 Å². The molecule has 23 heavy (non-hydrogen) atoms. The Bertz CT molecular complexity index is 719. The number of carbonyl (C=O) groups excluding carboxylic acids is 1. The first-order valence-corrected chi connectivity index (χ1v) is 8.99. The first kappa shape index (κ1) is 16.2. The van der Waals surface area contributed by atoms with Crippen LogP contribution in [0.3, 0.4) is 0 Å². The number of hydrogen-bond donors (Lipinski definition) is 1. The highest BCUT2D eigenvalue weighted by Crippen LogP contribution is 2.32. The topological polar surface area (TPSA) is 58.1 Å². The molecule has 5 nitrogen and oxygen atoms in total. The molecule has 1 saturated heterocycles. The Morgan fingerprint density at radius 3 is 2.91 bits per heavy atom. The average molecular weight is 332 g/mol. The molecule has 0 radical (unpaired) electrons. The van der Waals surface area contributed by atoms with Crippen LogP contribution in [0.1, 0.15) is 39.2 Å². The molecule has 0 aliphatic carbocycles. The fraction of sp³-hybridized carbons (Fsp3) is 0.588. The van der Waals surface area contributed by atoms with Gasteiger partial charge in [0.15, 0.2) is 0 Å². The van der Waals surface area contributed by atoms with Gasteiger partial charge in [-0.3, -0.25) is 4.79 Å². The van der Waals surface area contributed by atoms with Crippen LogP contribution in [0.5, 0.6) is 0 Å². The zero-order chi connectivity index (χ0) is 16.6. The van der Waals surface area contributed by atoms with Gasteiger partial charge < -0.3 is 10.2 Å². The minimum absolute atomic E-state index is 0.115. The van der Waals surface area contributed by atoms with Crippen molar-refractivity contribution in [1.29, 1.82) is 0 Å². The van der Waals surface area contributed by atoms with Crippen molar-refractivity contribution in [2.45, 2.75) is 46.6 Å². The van der Waals surface area contributed by atoms with Gasteiger partial charge in [-0.05, 0) is 30.7 Å². The first-order chi connectivity index (χ1) is 10.9. The molecule has 2 aromatic rings. The van der Waals surface area contributed by atoms with Crippen LogP contribution >= 0.6 is 11.3 Å². The molecule has 0 spiro atoms. The van der Waals surface area contributed by atoms with Gasteiger partial charge in [0.25, 0.3) is 0 Å². The lowest BCUT2D eigenvalue weighted by molar-refractivity contribution is -0.129. The van der Waals surface area contributed by atoms with Crippen molar-refractivity contribution in [2.24, 2.45) is 5.41 Å². The lowest BCUT2D eigenvalue weighted by Gasteiger charge is -2.35. The standard InChI is InChI=1S/C17H24N4OS/c1-11-9-23-14-13(11)18-10-19-15(14)21-7-5-6-12(8-21)20-16(22)17(2,3)4/h9-10,12H,5-8H2,1-4H3,(H,20,22). The van der Waals surface area contributed by atoms with Crippen LogP contribution in [0.15, 0.2) is 11.7 Å². The van der Waals surface area contributed by atoms with Crippen LogP contribution in [-0.2, 0) is 4.79 Å². The maximum atomic E-state index is 12.2. The van der Waals surface area contributed by atoms with Gasteiger partial charge in [-0.1, -0.05) is 20.8 Å². The Kier molecular flexibility index (Phi) is 4.27. The molecule has 2 aromatic heterocycles. The van der Waals surface area contributed by atoms with Gasteiger partial charge in [-0.15, -0.1) is 11.3 Å². The Hall–Kier alpha value is -1.69. The second-order valence-electron chi connectivity index (χ2n) is 7.30. The molecule has 1 aliphatic rings. The third-order valence-corrected chi connectivity index (χ3v) is 5.33. The van der Waals surface area contributed by atoms with Crippen LogP contribution in [0, 0.1) is 12.3 Å². The maximum absolute atomic E-state index is 12.2. The summed E-state index contributed by atoms with van der Waals surface area (Å²) in [6, 6.07) is 0.182.